The third kappa shape index (κ3) is 4.23. The molecule has 0 amide bonds. The molecule has 0 aliphatic carbocycles. The van der Waals surface area contributed by atoms with E-state index in [1.54, 1.807) is 38.2 Å². The van der Waals surface area contributed by atoms with Crippen molar-refractivity contribution in [2.45, 2.75) is 20.1 Å². The van der Waals surface area contributed by atoms with Gasteiger partial charge in [0, 0.05) is 7.05 Å². The van der Waals surface area contributed by atoms with Crippen molar-refractivity contribution in [1.82, 2.24) is 0 Å². The lowest BCUT2D eigenvalue weighted by molar-refractivity contribution is -0.0508. The summed E-state index contributed by atoms with van der Waals surface area (Å²) < 4.78 is 35.3. The molecule has 124 valence electrons. The third-order valence-electron chi connectivity index (χ3n) is 3.23. The Kier molecular flexibility index (Phi) is 5.23. The monoisotopic (exact) mass is 324 g/mol. The Hall–Kier alpha value is -2.54. The Morgan fingerprint density at radius 1 is 1.22 bits per heavy atom. The minimum atomic E-state index is -2.94. The maximum absolute atomic E-state index is 12.6. The number of nitrogens with two attached hydrogens (primary N) is 1. The van der Waals surface area contributed by atoms with Crippen LogP contribution in [0, 0.1) is 6.92 Å². The third-order valence-corrected chi connectivity index (χ3v) is 3.23. The van der Waals surface area contributed by atoms with Crippen molar-refractivity contribution in [3.8, 4) is 17.2 Å². The van der Waals surface area contributed by atoms with Crippen molar-refractivity contribution in [2.24, 2.45) is 5.84 Å². The van der Waals surface area contributed by atoms with Gasteiger partial charge < -0.3 is 19.6 Å². The number of nitrogens with zero attached hydrogens (tertiary/aromatic N) is 1. The number of ether oxygens (including phenoxy) is 2. The molecular weight excluding hydrogens is 306 g/mol. The highest BCUT2D eigenvalue weighted by Gasteiger charge is 2.16. The zero-order chi connectivity index (χ0) is 17.0. The molecule has 0 aliphatic rings. The first-order valence-electron chi connectivity index (χ1n) is 6.86. The van der Waals surface area contributed by atoms with Crippen LogP contribution in [0.25, 0.3) is 0 Å². The molecule has 0 saturated heterocycles. The summed E-state index contributed by atoms with van der Waals surface area (Å²) in [5.41, 5.74) is 1.64. The molecule has 2 aromatic carbocycles. The summed E-state index contributed by atoms with van der Waals surface area (Å²) in [5, 5.41) is 10.7. The summed E-state index contributed by atoms with van der Waals surface area (Å²) in [5.74, 6) is 6.39. The number of anilines is 1. The number of hydrazine groups is 1. The fraction of sp³-hybridized carbons (Fsp3) is 0.250. The Balaban J connectivity index is 2.29. The molecule has 2 aromatic rings. The van der Waals surface area contributed by atoms with Gasteiger partial charge in [0.2, 0.25) is 0 Å². The van der Waals surface area contributed by atoms with Crippen LogP contribution < -0.4 is 20.3 Å². The Labute approximate surface area is 132 Å². The first-order chi connectivity index (χ1) is 10.9. The SMILES string of the molecule is Cc1cc(O)ccc1OCc1c(OC(F)F)cccc1N(C)N. The molecule has 3 N–H and O–H groups in total. The number of aryl methyl sites for hydroxylation is 1. The van der Waals surface area contributed by atoms with Crippen LogP contribution in [-0.2, 0) is 6.61 Å². The van der Waals surface area contributed by atoms with E-state index in [9.17, 15) is 13.9 Å². The number of phenols is 1. The van der Waals surface area contributed by atoms with Gasteiger partial charge in [0.05, 0.1) is 11.3 Å². The largest absolute Gasteiger partial charge is 0.508 e. The van der Waals surface area contributed by atoms with Crippen LogP contribution >= 0.6 is 0 Å². The maximum Gasteiger partial charge on any atom is 0.387 e. The van der Waals surface area contributed by atoms with Crippen LogP contribution in [0.3, 0.4) is 0 Å². The molecule has 0 spiro atoms. The Bertz CT molecular complexity index is 678. The molecule has 0 radical (unpaired) electrons. The van der Waals surface area contributed by atoms with Gasteiger partial charge in [0.25, 0.3) is 0 Å². The second-order valence-electron chi connectivity index (χ2n) is 4.98. The van der Waals surface area contributed by atoms with Crippen LogP contribution in [0.1, 0.15) is 11.1 Å². The van der Waals surface area contributed by atoms with Crippen LogP contribution in [-0.4, -0.2) is 18.8 Å². The second-order valence-corrected chi connectivity index (χ2v) is 4.98. The molecule has 23 heavy (non-hydrogen) atoms. The van der Waals surface area contributed by atoms with Crippen molar-refractivity contribution < 1.29 is 23.4 Å². The van der Waals surface area contributed by atoms with Crippen molar-refractivity contribution in [2.75, 3.05) is 12.1 Å². The fourth-order valence-electron chi connectivity index (χ4n) is 2.18. The highest BCUT2D eigenvalue weighted by atomic mass is 19.3. The van der Waals surface area contributed by atoms with Crippen LogP contribution in [0.5, 0.6) is 17.2 Å². The number of halogens is 2. The first-order valence-corrected chi connectivity index (χ1v) is 6.86. The summed E-state index contributed by atoms with van der Waals surface area (Å²) in [6, 6.07) is 9.33. The van der Waals surface area contributed by atoms with E-state index in [0.29, 0.717) is 17.0 Å². The highest BCUT2D eigenvalue weighted by molar-refractivity contribution is 5.58. The molecule has 0 bridgehead atoms. The van der Waals surface area contributed by atoms with Gasteiger partial charge >= 0.3 is 6.61 Å². The van der Waals surface area contributed by atoms with E-state index >= 15 is 0 Å². The van der Waals surface area contributed by atoms with Crippen molar-refractivity contribution in [3.05, 3.63) is 47.5 Å². The molecule has 0 saturated carbocycles. The fourth-order valence-corrected chi connectivity index (χ4v) is 2.18. The number of benzene rings is 2. The molecule has 0 aliphatic heterocycles. The average Bonchev–Trinajstić information content (AvgIpc) is 2.46. The maximum atomic E-state index is 12.6. The van der Waals surface area contributed by atoms with Crippen molar-refractivity contribution in [1.29, 1.82) is 0 Å². The highest BCUT2D eigenvalue weighted by Crippen LogP contribution is 2.31. The number of aromatic hydroxyl groups is 1. The summed E-state index contributed by atoms with van der Waals surface area (Å²) in [7, 11) is 1.59. The Morgan fingerprint density at radius 2 is 1.96 bits per heavy atom. The van der Waals surface area contributed by atoms with E-state index in [-0.39, 0.29) is 18.1 Å². The van der Waals surface area contributed by atoms with Crippen LogP contribution in [0.15, 0.2) is 36.4 Å². The van der Waals surface area contributed by atoms with E-state index in [4.69, 9.17) is 10.6 Å². The predicted molar refractivity (Wildman–Crippen MR) is 82.8 cm³/mol. The van der Waals surface area contributed by atoms with E-state index in [0.717, 1.165) is 5.56 Å². The average molecular weight is 324 g/mol. The minimum Gasteiger partial charge on any atom is -0.508 e. The normalized spacial score (nSPS) is 10.7. The molecular formula is C16H18F2N2O3. The van der Waals surface area contributed by atoms with E-state index < -0.39 is 6.61 Å². The second kappa shape index (κ2) is 7.15. The number of alkyl halides is 2. The van der Waals surface area contributed by atoms with Gasteiger partial charge in [0.15, 0.2) is 0 Å². The number of rotatable bonds is 6. The Morgan fingerprint density at radius 3 is 2.57 bits per heavy atom. The zero-order valence-corrected chi connectivity index (χ0v) is 12.8. The van der Waals surface area contributed by atoms with Crippen LogP contribution in [0.2, 0.25) is 0 Å². The lowest BCUT2D eigenvalue weighted by atomic mass is 10.1. The lowest BCUT2D eigenvalue weighted by Crippen LogP contribution is -2.27. The van der Waals surface area contributed by atoms with Crippen molar-refractivity contribution in [3.63, 3.8) is 0 Å². The summed E-state index contributed by atoms with van der Waals surface area (Å²) >= 11 is 0. The van der Waals surface area contributed by atoms with Gasteiger partial charge in [-0.2, -0.15) is 8.78 Å². The van der Waals surface area contributed by atoms with Gasteiger partial charge in [-0.05, 0) is 42.8 Å². The molecule has 2 rings (SSSR count). The number of hydrogen-bond acceptors (Lipinski definition) is 5. The first kappa shape index (κ1) is 16.8. The standard InChI is InChI=1S/C16H18F2N2O3/c1-10-8-11(21)6-7-14(10)22-9-12-13(20(2)19)4-3-5-15(12)23-16(17)18/h3-8,16,21H,9,19H2,1-2H3. The van der Waals surface area contributed by atoms with Gasteiger partial charge in [-0.1, -0.05) is 6.07 Å². The molecule has 0 aromatic heterocycles. The smallest absolute Gasteiger partial charge is 0.387 e. The summed E-state index contributed by atoms with van der Waals surface area (Å²) in [4.78, 5) is 0. The van der Waals surface area contributed by atoms with Crippen LogP contribution in [0.4, 0.5) is 14.5 Å². The molecule has 0 atom stereocenters. The molecule has 5 nitrogen and oxygen atoms in total. The van der Waals surface area contributed by atoms with E-state index in [2.05, 4.69) is 4.74 Å². The van der Waals surface area contributed by atoms with E-state index in [1.165, 1.54) is 17.1 Å². The molecule has 0 unspecified atom stereocenters. The van der Waals surface area contributed by atoms with Gasteiger partial charge in [-0.15, -0.1) is 0 Å². The minimum absolute atomic E-state index is 0.00577. The number of hydrogen-bond donors (Lipinski definition) is 2. The van der Waals surface area contributed by atoms with E-state index in [1.807, 2.05) is 0 Å². The lowest BCUT2D eigenvalue weighted by Gasteiger charge is -2.20. The van der Waals surface area contributed by atoms with Gasteiger partial charge in [-0.3, -0.25) is 0 Å². The quantitative estimate of drug-likeness (QED) is 0.631. The molecule has 0 fully saturated rings. The topological polar surface area (TPSA) is 68.0 Å². The predicted octanol–water partition coefficient (Wildman–Crippen LogP) is 3.19. The van der Waals surface area contributed by atoms with Crippen molar-refractivity contribution >= 4 is 5.69 Å². The van der Waals surface area contributed by atoms with Gasteiger partial charge in [0.1, 0.15) is 23.9 Å². The summed E-state index contributed by atoms with van der Waals surface area (Å²) in [6.07, 6.45) is 0. The van der Waals surface area contributed by atoms with Gasteiger partial charge in [-0.25, -0.2) is 5.84 Å². The zero-order valence-electron chi connectivity index (χ0n) is 12.8. The summed E-state index contributed by atoms with van der Waals surface area (Å²) in [6.45, 7) is -1.18. The number of phenolic OH excluding ortho intramolecular Hbond substituents is 1. The molecule has 0 heterocycles. The molecule has 7 heteroatoms.